The number of nitrogens with zero attached hydrogens (tertiary/aromatic N) is 6. The summed E-state index contributed by atoms with van der Waals surface area (Å²) in [5, 5.41) is 9.82. The number of aliphatic hydroxyl groups excluding tert-OH is 1. The highest BCUT2D eigenvalue weighted by molar-refractivity contribution is 7.47. The number of imidazole rings is 1. The zero-order chi connectivity index (χ0) is 34.5. The topological polar surface area (TPSA) is 307 Å². The first-order chi connectivity index (χ1) is 22.9. The molecule has 3 unspecified atom stereocenters. The Labute approximate surface area is 273 Å². The molecule has 0 saturated carbocycles. The summed E-state index contributed by atoms with van der Waals surface area (Å²) in [4.78, 5) is 49.3. The SMILES string of the molecule is NCCCCCCOP(=O)(O)O[C@H]1C[C@H](n2cnc3c(N)ncnc32)O[C@@H]1COP(=O)(O)OC1C[C@H](n2ccc(N)nc2=O)O[C@@H]1CO. The lowest BCUT2D eigenvalue weighted by molar-refractivity contribution is -0.0564. The van der Waals surface area contributed by atoms with E-state index in [1.807, 2.05) is 0 Å². The molecule has 3 aromatic heterocycles. The van der Waals surface area contributed by atoms with Crippen LogP contribution >= 0.6 is 15.6 Å². The fraction of sp³-hybridized carbons (Fsp3) is 0.640. The number of hydrogen-bond donors (Lipinski definition) is 6. The van der Waals surface area contributed by atoms with Gasteiger partial charge in [-0.05, 0) is 25.5 Å². The smallest absolute Gasteiger partial charge is 0.394 e. The largest absolute Gasteiger partial charge is 0.472 e. The van der Waals surface area contributed by atoms with E-state index in [4.69, 9.17) is 44.8 Å². The lowest BCUT2D eigenvalue weighted by Gasteiger charge is -2.23. The molecule has 48 heavy (non-hydrogen) atoms. The van der Waals surface area contributed by atoms with Crippen LogP contribution in [0, 0.1) is 0 Å². The van der Waals surface area contributed by atoms with Crippen LogP contribution in [-0.4, -0.2) is 94.7 Å². The van der Waals surface area contributed by atoms with Gasteiger partial charge in [0.15, 0.2) is 11.5 Å². The fourth-order valence-electron chi connectivity index (χ4n) is 5.35. The van der Waals surface area contributed by atoms with Crippen LogP contribution in [0.3, 0.4) is 0 Å². The number of phosphoric acid groups is 2. The highest BCUT2D eigenvalue weighted by Crippen LogP contribution is 2.51. The Hall–Kier alpha value is -2.91. The van der Waals surface area contributed by atoms with Gasteiger partial charge >= 0.3 is 21.3 Å². The third-order valence-corrected chi connectivity index (χ3v) is 9.75. The van der Waals surface area contributed by atoms with Gasteiger partial charge in [-0.25, -0.2) is 28.9 Å². The van der Waals surface area contributed by atoms with Crippen LogP contribution in [0.4, 0.5) is 11.6 Å². The van der Waals surface area contributed by atoms with Gasteiger partial charge in [0.05, 0.1) is 26.1 Å². The number of fused-ring (bicyclic) bond motifs is 1. The van der Waals surface area contributed by atoms with Crippen LogP contribution in [0.2, 0.25) is 0 Å². The van der Waals surface area contributed by atoms with Crippen molar-refractivity contribution in [1.29, 1.82) is 0 Å². The molecule has 3 aromatic rings. The minimum absolute atomic E-state index is 0.00580. The van der Waals surface area contributed by atoms with E-state index in [2.05, 4.69) is 19.9 Å². The van der Waals surface area contributed by atoms with Crippen molar-refractivity contribution in [3.63, 3.8) is 0 Å². The molecule has 0 radical (unpaired) electrons. The maximum absolute atomic E-state index is 13.1. The van der Waals surface area contributed by atoms with Crippen molar-refractivity contribution in [2.24, 2.45) is 5.73 Å². The minimum Gasteiger partial charge on any atom is -0.394 e. The number of ether oxygens (including phenoxy) is 2. The Bertz CT molecular complexity index is 1700. The highest BCUT2D eigenvalue weighted by Gasteiger charge is 2.45. The van der Waals surface area contributed by atoms with Crippen LogP contribution < -0.4 is 22.9 Å². The van der Waals surface area contributed by atoms with Crippen molar-refractivity contribution in [3.05, 3.63) is 35.4 Å². The Morgan fingerprint density at radius 1 is 0.917 bits per heavy atom. The number of aliphatic hydroxyl groups is 1. The van der Waals surface area contributed by atoms with E-state index in [-0.39, 0.29) is 31.1 Å². The van der Waals surface area contributed by atoms with Crippen molar-refractivity contribution < 1.29 is 51.6 Å². The van der Waals surface area contributed by atoms with Crippen molar-refractivity contribution in [1.82, 2.24) is 29.1 Å². The number of anilines is 2. The molecule has 2 aliphatic heterocycles. The molecular weight excluding hydrogens is 680 g/mol. The molecular formula is C25H39N9O12P2. The Kier molecular flexibility index (Phi) is 11.9. The number of rotatable bonds is 17. The molecule has 5 rings (SSSR count). The maximum Gasteiger partial charge on any atom is 0.472 e. The molecule has 0 bridgehead atoms. The van der Waals surface area contributed by atoms with Gasteiger partial charge in [0.2, 0.25) is 0 Å². The lowest BCUT2D eigenvalue weighted by Crippen LogP contribution is -2.30. The van der Waals surface area contributed by atoms with E-state index in [1.54, 1.807) is 0 Å². The summed E-state index contributed by atoms with van der Waals surface area (Å²) in [7, 11) is -9.51. The molecule has 0 aromatic carbocycles. The first kappa shape index (κ1) is 36.4. The zero-order valence-corrected chi connectivity index (χ0v) is 27.5. The number of aromatic nitrogens is 6. The highest BCUT2D eigenvalue weighted by atomic mass is 31.2. The van der Waals surface area contributed by atoms with Gasteiger partial charge in [-0.2, -0.15) is 4.98 Å². The van der Waals surface area contributed by atoms with Gasteiger partial charge in [0.1, 0.15) is 54.5 Å². The monoisotopic (exact) mass is 719 g/mol. The summed E-state index contributed by atoms with van der Waals surface area (Å²) >= 11 is 0. The Morgan fingerprint density at radius 2 is 1.58 bits per heavy atom. The minimum atomic E-state index is -4.89. The number of phosphoric ester groups is 2. The van der Waals surface area contributed by atoms with E-state index < -0.39 is 71.4 Å². The fourth-order valence-corrected chi connectivity index (χ4v) is 7.30. The molecule has 2 saturated heterocycles. The summed E-state index contributed by atoms with van der Waals surface area (Å²) in [6.45, 7) is -0.744. The maximum atomic E-state index is 13.1. The lowest BCUT2D eigenvalue weighted by atomic mass is 10.2. The third kappa shape index (κ3) is 9.00. The van der Waals surface area contributed by atoms with Crippen LogP contribution in [0.5, 0.6) is 0 Å². The first-order valence-corrected chi connectivity index (χ1v) is 18.1. The molecule has 5 heterocycles. The quantitative estimate of drug-likeness (QED) is 0.0809. The predicted octanol–water partition coefficient (Wildman–Crippen LogP) is 0.338. The van der Waals surface area contributed by atoms with Crippen molar-refractivity contribution in [3.8, 4) is 0 Å². The molecule has 2 aliphatic rings. The van der Waals surface area contributed by atoms with E-state index >= 15 is 0 Å². The average molecular weight is 720 g/mol. The molecule has 2 fully saturated rings. The normalized spacial score (nSPS) is 26.9. The Morgan fingerprint density at radius 3 is 2.29 bits per heavy atom. The van der Waals surface area contributed by atoms with Crippen molar-refractivity contribution >= 4 is 38.4 Å². The van der Waals surface area contributed by atoms with E-state index in [1.165, 1.54) is 29.5 Å². The molecule has 0 amide bonds. The summed E-state index contributed by atoms with van der Waals surface area (Å²) in [6.07, 6.45) is 0.217. The van der Waals surface area contributed by atoms with E-state index in [9.17, 15) is 28.8 Å². The molecule has 0 aliphatic carbocycles. The molecule has 23 heteroatoms. The molecule has 21 nitrogen and oxygen atoms in total. The summed E-state index contributed by atoms with van der Waals surface area (Å²) in [5.74, 6) is 0.119. The average Bonchev–Trinajstić information content (AvgIpc) is 3.75. The van der Waals surface area contributed by atoms with Crippen LogP contribution in [0.15, 0.2) is 29.7 Å². The van der Waals surface area contributed by atoms with Gasteiger partial charge in [0, 0.05) is 19.0 Å². The number of nitrogen functional groups attached to an aromatic ring is 2. The van der Waals surface area contributed by atoms with Gasteiger partial charge < -0.3 is 41.6 Å². The van der Waals surface area contributed by atoms with Crippen molar-refractivity contribution in [2.45, 2.75) is 75.4 Å². The van der Waals surface area contributed by atoms with E-state index in [0.717, 1.165) is 23.8 Å². The molecule has 0 spiro atoms. The van der Waals surface area contributed by atoms with Crippen LogP contribution in [-0.2, 0) is 36.7 Å². The number of nitrogens with two attached hydrogens (primary N) is 3. The van der Waals surface area contributed by atoms with E-state index in [0.29, 0.717) is 24.1 Å². The summed E-state index contributed by atoms with van der Waals surface area (Å²) in [5.41, 5.74) is 16.8. The van der Waals surface area contributed by atoms with Gasteiger partial charge in [0.25, 0.3) is 0 Å². The second-order valence-corrected chi connectivity index (χ2v) is 13.9. The van der Waals surface area contributed by atoms with Gasteiger partial charge in [-0.15, -0.1) is 0 Å². The van der Waals surface area contributed by atoms with Crippen molar-refractivity contribution in [2.75, 3.05) is 37.8 Å². The van der Waals surface area contributed by atoms with Crippen LogP contribution in [0.25, 0.3) is 11.2 Å². The first-order valence-electron chi connectivity index (χ1n) is 15.1. The standard InChI is InChI=1S/C25H39N9O12P2/c26-6-3-1-2-4-8-41-47(37,38)46-16-10-21(34-14-31-22-23(28)29-13-30-24(22)34)44-18(16)12-42-48(39,40)45-15-9-20(43-17(15)11-35)33-7-5-19(27)32-25(33)36/h5,7,13-18,20-21,35H,1-4,6,8-12,26H2,(H,37,38)(H,39,40)(H2,27,32,36)(H2,28,29,30)/t15?,16-,17+,18+,20+,21+/m0/s1. The molecule has 8 atom stereocenters. The van der Waals surface area contributed by atoms with Gasteiger partial charge in [-0.3, -0.25) is 27.2 Å². The second kappa shape index (κ2) is 15.8. The number of unbranched alkanes of at least 4 members (excludes halogenated alkanes) is 3. The van der Waals surface area contributed by atoms with Gasteiger partial charge in [-0.1, -0.05) is 12.8 Å². The summed E-state index contributed by atoms with van der Waals surface area (Å²) < 4.78 is 61.5. The Balaban J connectivity index is 1.26. The summed E-state index contributed by atoms with van der Waals surface area (Å²) in [6, 6.07) is 1.37. The second-order valence-electron chi connectivity index (χ2n) is 11.1. The predicted molar refractivity (Wildman–Crippen MR) is 166 cm³/mol. The third-order valence-electron chi connectivity index (χ3n) is 7.69. The zero-order valence-electron chi connectivity index (χ0n) is 25.7. The molecule has 266 valence electrons. The molecule has 9 N–H and O–H groups in total. The van der Waals surface area contributed by atoms with Crippen LogP contribution in [0.1, 0.15) is 51.0 Å². The number of hydrogen-bond acceptors (Lipinski definition) is 17.